The standard InChI is InChI=1S/C18H25NO/c1-13(2)19-17(20)15-12-18(10-6-3-7-11-18)16-9-5-4-8-14(15)16/h4-5,8-9,13,15H,3,6-7,10-12H2,1-2H3,(H,19,20). The summed E-state index contributed by atoms with van der Waals surface area (Å²) in [7, 11) is 0. The van der Waals surface area contributed by atoms with E-state index < -0.39 is 0 Å². The highest BCUT2D eigenvalue weighted by atomic mass is 16.1. The van der Waals surface area contributed by atoms with E-state index in [0.717, 1.165) is 6.42 Å². The Morgan fingerprint density at radius 1 is 1.20 bits per heavy atom. The Kier molecular flexibility index (Phi) is 3.57. The maximum Gasteiger partial charge on any atom is 0.227 e. The summed E-state index contributed by atoms with van der Waals surface area (Å²) in [6.45, 7) is 4.07. The lowest BCUT2D eigenvalue weighted by Gasteiger charge is -2.34. The van der Waals surface area contributed by atoms with Crippen molar-refractivity contribution in [1.82, 2.24) is 5.32 Å². The number of hydrogen-bond donors (Lipinski definition) is 1. The summed E-state index contributed by atoms with van der Waals surface area (Å²) in [6.07, 6.45) is 7.52. The van der Waals surface area contributed by atoms with E-state index in [1.807, 2.05) is 13.8 Å². The molecule has 2 aliphatic carbocycles. The Morgan fingerprint density at radius 2 is 1.90 bits per heavy atom. The van der Waals surface area contributed by atoms with Crippen molar-refractivity contribution in [2.24, 2.45) is 0 Å². The first kappa shape index (κ1) is 13.7. The van der Waals surface area contributed by atoms with Crippen LogP contribution in [0.25, 0.3) is 0 Å². The first-order valence-corrected chi connectivity index (χ1v) is 8.02. The van der Waals surface area contributed by atoms with Crippen molar-refractivity contribution in [1.29, 1.82) is 0 Å². The van der Waals surface area contributed by atoms with Crippen LogP contribution >= 0.6 is 0 Å². The average molecular weight is 271 g/mol. The molecule has 1 unspecified atom stereocenters. The molecule has 1 aromatic carbocycles. The summed E-state index contributed by atoms with van der Waals surface area (Å²) < 4.78 is 0. The minimum Gasteiger partial charge on any atom is -0.353 e. The molecule has 1 N–H and O–H groups in total. The van der Waals surface area contributed by atoms with Gasteiger partial charge in [-0.25, -0.2) is 0 Å². The van der Waals surface area contributed by atoms with E-state index in [1.54, 1.807) is 0 Å². The monoisotopic (exact) mass is 271 g/mol. The molecule has 1 spiro atoms. The predicted molar refractivity (Wildman–Crippen MR) is 81.8 cm³/mol. The van der Waals surface area contributed by atoms with Gasteiger partial charge in [-0.05, 0) is 49.7 Å². The number of fused-ring (bicyclic) bond motifs is 2. The molecule has 1 aromatic rings. The quantitative estimate of drug-likeness (QED) is 0.868. The second-order valence-electron chi connectivity index (χ2n) is 6.85. The van der Waals surface area contributed by atoms with E-state index in [0.29, 0.717) is 0 Å². The lowest BCUT2D eigenvalue weighted by atomic mass is 9.70. The van der Waals surface area contributed by atoms with Crippen molar-refractivity contribution in [2.75, 3.05) is 0 Å². The molecule has 0 saturated heterocycles. The van der Waals surface area contributed by atoms with Gasteiger partial charge in [0.2, 0.25) is 5.91 Å². The molecule has 2 aliphatic rings. The molecular weight excluding hydrogens is 246 g/mol. The summed E-state index contributed by atoms with van der Waals surface area (Å²) in [5.41, 5.74) is 3.03. The van der Waals surface area contributed by atoms with Crippen LogP contribution < -0.4 is 5.32 Å². The molecule has 2 nitrogen and oxygen atoms in total. The summed E-state index contributed by atoms with van der Waals surface area (Å²) in [5, 5.41) is 3.11. The zero-order chi connectivity index (χ0) is 14.2. The Hall–Kier alpha value is -1.31. The highest BCUT2D eigenvalue weighted by Crippen LogP contribution is 2.53. The molecule has 108 valence electrons. The van der Waals surface area contributed by atoms with E-state index in [4.69, 9.17) is 0 Å². The van der Waals surface area contributed by atoms with Gasteiger partial charge in [-0.2, -0.15) is 0 Å². The van der Waals surface area contributed by atoms with Gasteiger partial charge in [0, 0.05) is 6.04 Å². The van der Waals surface area contributed by atoms with Crippen LogP contribution in [-0.4, -0.2) is 11.9 Å². The van der Waals surface area contributed by atoms with Gasteiger partial charge >= 0.3 is 0 Å². The third kappa shape index (κ3) is 2.25. The average Bonchev–Trinajstić information content (AvgIpc) is 2.75. The van der Waals surface area contributed by atoms with Crippen LogP contribution in [0.2, 0.25) is 0 Å². The molecular formula is C18H25NO. The van der Waals surface area contributed by atoms with Crippen molar-refractivity contribution in [3.05, 3.63) is 35.4 Å². The molecule has 1 amide bonds. The van der Waals surface area contributed by atoms with Crippen molar-refractivity contribution < 1.29 is 4.79 Å². The van der Waals surface area contributed by atoms with Crippen LogP contribution in [0.4, 0.5) is 0 Å². The molecule has 1 fully saturated rings. The zero-order valence-electron chi connectivity index (χ0n) is 12.6. The molecule has 0 aromatic heterocycles. The summed E-state index contributed by atoms with van der Waals surface area (Å²) in [5.74, 6) is 0.279. The first-order valence-electron chi connectivity index (χ1n) is 8.02. The normalized spacial score (nSPS) is 23.9. The molecule has 1 atom stereocenters. The lowest BCUT2D eigenvalue weighted by molar-refractivity contribution is -0.123. The molecule has 20 heavy (non-hydrogen) atoms. The fourth-order valence-electron chi connectivity index (χ4n) is 4.22. The van der Waals surface area contributed by atoms with Crippen LogP contribution in [0.5, 0.6) is 0 Å². The summed E-state index contributed by atoms with van der Waals surface area (Å²) in [4.78, 5) is 12.5. The van der Waals surface area contributed by atoms with Crippen LogP contribution in [0.15, 0.2) is 24.3 Å². The third-order valence-electron chi connectivity index (χ3n) is 5.06. The predicted octanol–water partition coefficient (Wildman–Crippen LogP) is 3.90. The Labute approximate surface area is 122 Å². The maximum absolute atomic E-state index is 12.5. The fourth-order valence-corrected chi connectivity index (χ4v) is 4.22. The minimum atomic E-state index is 0.0618. The lowest BCUT2D eigenvalue weighted by Crippen LogP contribution is -2.35. The van der Waals surface area contributed by atoms with Gasteiger partial charge in [-0.1, -0.05) is 43.5 Å². The molecule has 0 heterocycles. The molecule has 2 heteroatoms. The third-order valence-corrected chi connectivity index (χ3v) is 5.06. The second kappa shape index (κ2) is 5.23. The van der Waals surface area contributed by atoms with Gasteiger partial charge in [0.05, 0.1) is 5.92 Å². The van der Waals surface area contributed by atoms with E-state index in [2.05, 4.69) is 29.6 Å². The van der Waals surface area contributed by atoms with E-state index in [-0.39, 0.29) is 23.3 Å². The van der Waals surface area contributed by atoms with E-state index >= 15 is 0 Å². The minimum absolute atomic E-state index is 0.0618. The maximum atomic E-state index is 12.5. The van der Waals surface area contributed by atoms with Crippen molar-refractivity contribution in [2.45, 2.75) is 69.7 Å². The summed E-state index contributed by atoms with van der Waals surface area (Å²) >= 11 is 0. The van der Waals surface area contributed by atoms with Crippen LogP contribution in [0, 0.1) is 0 Å². The first-order chi connectivity index (χ1) is 9.62. The number of rotatable bonds is 2. The van der Waals surface area contributed by atoms with Crippen molar-refractivity contribution in [3.63, 3.8) is 0 Å². The van der Waals surface area contributed by atoms with Crippen molar-refractivity contribution >= 4 is 5.91 Å². The zero-order valence-corrected chi connectivity index (χ0v) is 12.6. The number of amides is 1. The number of benzene rings is 1. The summed E-state index contributed by atoms with van der Waals surface area (Å²) in [6, 6.07) is 8.87. The van der Waals surface area contributed by atoms with E-state index in [9.17, 15) is 4.79 Å². The highest BCUT2D eigenvalue weighted by Gasteiger charge is 2.46. The highest BCUT2D eigenvalue weighted by molar-refractivity contribution is 5.85. The number of hydrogen-bond acceptors (Lipinski definition) is 1. The van der Waals surface area contributed by atoms with Crippen LogP contribution in [-0.2, 0) is 10.2 Å². The molecule has 3 rings (SSSR count). The van der Waals surface area contributed by atoms with Crippen LogP contribution in [0.1, 0.15) is 69.4 Å². The SMILES string of the molecule is CC(C)NC(=O)C1CC2(CCCCC2)c2ccccc21. The Morgan fingerprint density at radius 3 is 2.60 bits per heavy atom. The number of nitrogens with one attached hydrogen (secondary N) is 1. The topological polar surface area (TPSA) is 29.1 Å². The Bertz CT molecular complexity index is 500. The molecule has 0 bridgehead atoms. The van der Waals surface area contributed by atoms with E-state index in [1.165, 1.54) is 43.2 Å². The number of carbonyl (C=O) groups excluding carboxylic acids is 1. The molecule has 0 radical (unpaired) electrons. The van der Waals surface area contributed by atoms with Gasteiger partial charge in [0.15, 0.2) is 0 Å². The van der Waals surface area contributed by atoms with Gasteiger partial charge in [-0.15, -0.1) is 0 Å². The molecule has 0 aliphatic heterocycles. The molecule has 1 saturated carbocycles. The van der Waals surface area contributed by atoms with Gasteiger partial charge in [0.1, 0.15) is 0 Å². The van der Waals surface area contributed by atoms with Crippen LogP contribution in [0.3, 0.4) is 0 Å². The fraction of sp³-hybridized carbons (Fsp3) is 0.611. The second-order valence-corrected chi connectivity index (χ2v) is 6.85. The smallest absolute Gasteiger partial charge is 0.227 e. The largest absolute Gasteiger partial charge is 0.353 e. The van der Waals surface area contributed by atoms with Crippen molar-refractivity contribution in [3.8, 4) is 0 Å². The van der Waals surface area contributed by atoms with Gasteiger partial charge in [-0.3, -0.25) is 4.79 Å². The Balaban J connectivity index is 1.94. The van der Waals surface area contributed by atoms with Gasteiger partial charge in [0.25, 0.3) is 0 Å². The number of carbonyl (C=O) groups is 1. The van der Waals surface area contributed by atoms with Gasteiger partial charge < -0.3 is 5.32 Å².